The van der Waals surface area contributed by atoms with Crippen molar-refractivity contribution in [3.8, 4) is 0 Å². The molecule has 0 bridgehead atoms. The van der Waals surface area contributed by atoms with Crippen molar-refractivity contribution in [2.75, 3.05) is 0 Å². The molecule has 0 saturated carbocycles. The third kappa shape index (κ3) is 1.09. The van der Waals surface area contributed by atoms with E-state index in [4.69, 9.17) is 0 Å². The molecule has 0 radical (unpaired) electrons. The van der Waals surface area contributed by atoms with Gasteiger partial charge in [-0.3, -0.25) is 4.57 Å². The first-order chi connectivity index (χ1) is 6.61. The van der Waals surface area contributed by atoms with Crippen LogP contribution in [0.2, 0.25) is 0 Å². The summed E-state index contributed by atoms with van der Waals surface area (Å²) in [5, 5.41) is 0. The molecule has 72 valence electrons. The second-order valence-electron chi connectivity index (χ2n) is 3.47. The van der Waals surface area contributed by atoms with Gasteiger partial charge in [-0.05, 0) is 25.5 Å². The Balaban J connectivity index is 3.01. The average molecular weight is 188 g/mol. The molecule has 1 aromatic heterocycles. The standard InChI is InChI=1S/C11H12N2O/c1-7(2)13-10-8(3)5-4-6-9(10)12-11(13)14/h4-6H,1H2,2-3H3,(H,12,14). The molecule has 3 heteroatoms. The first-order valence-corrected chi connectivity index (χ1v) is 4.47. The number of hydrogen-bond donors (Lipinski definition) is 1. The summed E-state index contributed by atoms with van der Waals surface area (Å²) in [5.41, 5.74) is 3.46. The van der Waals surface area contributed by atoms with Crippen molar-refractivity contribution >= 4 is 16.7 Å². The summed E-state index contributed by atoms with van der Waals surface area (Å²) in [4.78, 5) is 14.4. The highest BCUT2D eigenvalue weighted by Crippen LogP contribution is 2.16. The molecule has 0 unspecified atom stereocenters. The summed E-state index contributed by atoms with van der Waals surface area (Å²) in [5.74, 6) is 0. The Morgan fingerprint density at radius 2 is 2.21 bits per heavy atom. The number of nitrogens with zero attached hydrogens (tertiary/aromatic N) is 1. The summed E-state index contributed by atoms with van der Waals surface area (Å²) >= 11 is 0. The van der Waals surface area contributed by atoms with Crippen molar-refractivity contribution in [2.45, 2.75) is 13.8 Å². The topological polar surface area (TPSA) is 37.8 Å². The first-order valence-electron chi connectivity index (χ1n) is 4.47. The molecule has 2 rings (SSSR count). The Hall–Kier alpha value is -1.77. The van der Waals surface area contributed by atoms with Crippen molar-refractivity contribution in [1.29, 1.82) is 0 Å². The van der Waals surface area contributed by atoms with Gasteiger partial charge in [0.1, 0.15) is 0 Å². The molecule has 0 amide bonds. The lowest BCUT2D eigenvalue weighted by atomic mass is 10.2. The lowest BCUT2D eigenvalue weighted by Gasteiger charge is -2.02. The average Bonchev–Trinajstić information content (AvgIpc) is 2.42. The van der Waals surface area contributed by atoms with E-state index in [1.54, 1.807) is 4.57 Å². The van der Waals surface area contributed by atoms with Gasteiger partial charge in [0.15, 0.2) is 0 Å². The lowest BCUT2D eigenvalue weighted by molar-refractivity contribution is 1.03. The van der Waals surface area contributed by atoms with Crippen LogP contribution in [-0.2, 0) is 0 Å². The number of fused-ring (bicyclic) bond motifs is 1. The molecule has 14 heavy (non-hydrogen) atoms. The van der Waals surface area contributed by atoms with E-state index < -0.39 is 0 Å². The molecule has 1 heterocycles. The van der Waals surface area contributed by atoms with Gasteiger partial charge in [-0.25, -0.2) is 4.79 Å². The Kier molecular flexibility index (Phi) is 1.81. The minimum atomic E-state index is -0.123. The van der Waals surface area contributed by atoms with Crippen LogP contribution < -0.4 is 5.69 Å². The van der Waals surface area contributed by atoms with Crippen LogP contribution in [0.3, 0.4) is 0 Å². The second kappa shape index (κ2) is 2.87. The van der Waals surface area contributed by atoms with E-state index in [0.29, 0.717) is 0 Å². The van der Waals surface area contributed by atoms with Gasteiger partial charge in [0, 0.05) is 5.70 Å². The normalized spacial score (nSPS) is 10.7. The maximum Gasteiger partial charge on any atom is 0.330 e. The fraction of sp³-hybridized carbons (Fsp3) is 0.182. The molecule has 1 aromatic carbocycles. The molecular formula is C11H12N2O. The van der Waals surface area contributed by atoms with E-state index >= 15 is 0 Å². The third-order valence-electron chi connectivity index (χ3n) is 2.29. The van der Waals surface area contributed by atoms with Crippen molar-refractivity contribution in [3.05, 3.63) is 40.8 Å². The van der Waals surface area contributed by atoms with Gasteiger partial charge in [-0.15, -0.1) is 0 Å². The van der Waals surface area contributed by atoms with Crippen LogP contribution >= 0.6 is 0 Å². The number of rotatable bonds is 1. The van der Waals surface area contributed by atoms with Gasteiger partial charge in [-0.2, -0.15) is 0 Å². The Labute approximate surface area is 81.7 Å². The minimum absolute atomic E-state index is 0.123. The minimum Gasteiger partial charge on any atom is -0.305 e. The number of allylic oxidation sites excluding steroid dienone is 1. The maximum absolute atomic E-state index is 11.6. The van der Waals surface area contributed by atoms with Crippen molar-refractivity contribution in [1.82, 2.24) is 9.55 Å². The lowest BCUT2D eigenvalue weighted by Crippen LogP contribution is -2.14. The molecule has 0 spiro atoms. The molecule has 2 aromatic rings. The van der Waals surface area contributed by atoms with Crippen molar-refractivity contribution in [3.63, 3.8) is 0 Å². The van der Waals surface area contributed by atoms with Crippen LogP contribution in [0.4, 0.5) is 0 Å². The summed E-state index contributed by atoms with van der Waals surface area (Å²) in [6, 6.07) is 5.80. The van der Waals surface area contributed by atoms with E-state index in [1.165, 1.54) is 0 Å². The zero-order valence-electron chi connectivity index (χ0n) is 8.29. The fourth-order valence-electron chi connectivity index (χ4n) is 1.69. The summed E-state index contributed by atoms with van der Waals surface area (Å²) in [6.07, 6.45) is 0. The smallest absolute Gasteiger partial charge is 0.305 e. The van der Waals surface area contributed by atoms with Gasteiger partial charge in [0.25, 0.3) is 0 Å². The number of aromatic nitrogens is 2. The number of aromatic amines is 1. The molecule has 0 aliphatic carbocycles. The summed E-state index contributed by atoms with van der Waals surface area (Å²) in [6.45, 7) is 7.59. The quantitative estimate of drug-likeness (QED) is 0.731. The highest BCUT2D eigenvalue weighted by Gasteiger charge is 2.08. The van der Waals surface area contributed by atoms with Crippen LogP contribution in [-0.4, -0.2) is 9.55 Å². The van der Waals surface area contributed by atoms with Crippen LogP contribution in [0.1, 0.15) is 12.5 Å². The maximum atomic E-state index is 11.6. The molecule has 1 N–H and O–H groups in total. The van der Waals surface area contributed by atoms with E-state index in [2.05, 4.69) is 11.6 Å². The molecule has 3 nitrogen and oxygen atoms in total. The molecule has 0 fully saturated rings. The highest BCUT2D eigenvalue weighted by molar-refractivity contribution is 5.81. The monoisotopic (exact) mass is 188 g/mol. The summed E-state index contributed by atoms with van der Waals surface area (Å²) in [7, 11) is 0. The Morgan fingerprint density at radius 3 is 2.86 bits per heavy atom. The summed E-state index contributed by atoms with van der Waals surface area (Å²) < 4.78 is 1.60. The molecule has 0 aliphatic rings. The van der Waals surface area contributed by atoms with Crippen molar-refractivity contribution in [2.24, 2.45) is 0 Å². The number of hydrogen-bond acceptors (Lipinski definition) is 1. The van der Waals surface area contributed by atoms with E-state index in [1.807, 2.05) is 32.0 Å². The SMILES string of the molecule is C=C(C)n1c(=O)[nH]c2cccc(C)c21. The molecule has 0 atom stereocenters. The second-order valence-corrected chi connectivity index (χ2v) is 3.47. The molecule has 0 saturated heterocycles. The number of imidazole rings is 1. The predicted octanol–water partition coefficient (Wildman–Crippen LogP) is 2.13. The Morgan fingerprint density at radius 1 is 1.50 bits per heavy atom. The predicted molar refractivity (Wildman–Crippen MR) is 58.3 cm³/mol. The van der Waals surface area contributed by atoms with Crippen LogP contribution in [0.25, 0.3) is 16.7 Å². The van der Waals surface area contributed by atoms with E-state index in [-0.39, 0.29) is 5.69 Å². The number of nitrogens with one attached hydrogen (secondary N) is 1. The van der Waals surface area contributed by atoms with E-state index in [9.17, 15) is 4.79 Å². The number of H-pyrrole nitrogens is 1. The highest BCUT2D eigenvalue weighted by atomic mass is 16.1. The van der Waals surface area contributed by atoms with Gasteiger partial charge < -0.3 is 4.98 Å². The largest absolute Gasteiger partial charge is 0.330 e. The van der Waals surface area contributed by atoms with Crippen LogP contribution in [0.15, 0.2) is 29.6 Å². The number of para-hydroxylation sites is 1. The van der Waals surface area contributed by atoms with Crippen molar-refractivity contribution < 1.29 is 0 Å². The zero-order valence-corrected chi connectivity index (χ0v) is 8.29. The number of aryl methyl sites for hydroxylation is 1. The van der Waals surface area contributed by atoms with Gasteiger partial charge >= 0.3 is 5.69 Å². The van der Waals surface area contributed by atoms with Crippen LogP contribution in [0.5, 0.6) is 0 Å². The Bertz CT molecular complexity index is 560. The van der Waals surface area contributed by atoms with Gasteiger partial charge in [0.2, 0.25) is 0 Å². The van der Waals surface area contributed by atoms with Gasteiger partial charge in [-0.1, -0.05) is 18.7 Å². The molecular weight excluding hydrogens is 176 g/mol. The van der Waals surface area contributed by atoms with E-state index in [0.717, 1.165) is 22.3 Å². The van der Waals surface area contributed by atoms with Gasteiger partial charge in [0.05, 0.1) is 11.0 Å². The molecule has 0 aliphatic heterocycles. The third-order valence-corrected chi connectivity index (χ3v) is 2.29. The van der Waals surface area contributed by atoms with Crippen LogP contribution in [0, 0.1) is 6.92 Å². The first kappa shape index (κ1) is 8.81. The fourth-order valence-corrected chi connectivity index (χ4v) is 1.69. The number of benzene rings is 1. The zero-order chi connectivity index (χ0) is 10.3.